The molecular weight excluding hydrogens is 306 g/mol. The molecule has 0 spiro atoms. The van der Waals surface area contributed by atoms with Crippen LogP contribution in [0.25, 0.3) is 0 Å². The van der Waals surface area contributed by atoms with E-state index in [-0.39, 0.29) is 16.8 Å². The number of rotatable bonds is 2. The summed E-state index contributed by atoms with van der Waals surface area (Å²) < 4.78 is 0. The molecule has 0 bridgehead atoms. The lowest BCUT2D eigenvalue weighted by atomic mass is 10.0. The third kappa shape index (κ3) is 2.00. The quantitative estimate of drug-likeness (QED) is 0.387. The lowest BCUT2D eigenvalue weighted by Gasteiger charge is -2.31. The molecule has 1 unspecified atom stereocenters. The number of carbonyl (C=O) groups is 2. The van der Waals surface area contributed by atoms with E-state index in [4.69, 9.17) is 12.2 Å². The SMILES string of the molecule is C=C1CCC(N2C(=O)c3cccc([N+](=O)[O-])c3C2=O)C(=S)N1. The Morgan fingerprint density at radius 2 is 2.09 bits per heavy atom. The van der Waals surface area contributed by atoms with Crippen LogP contribution in [0.5, 0.6) is 0 Å². The second kappa shape index (κ2) is 4.99. The number of allylic oxidation sites excluding steroid dienone is 1. The molecule has 2 aliphatic rings. The Kier molecular flexibility index (Phi) is 3.25. The van der Waals surface area contributed by atoms with Crippen molar-refractivity contribution < 1.29 is 14.5 Å². The third-order valence-electron chi connectivity index (χ3n) is 3.75. The smallest absolute Gasteiger partial charge is 0.282 e. The van der Waals surface area contributed by atoms with Gasteiger partial charge in [0, 0.05) is 11.8 Å². The number of imide groups is 1. The maximum absolute atomic E-state index is 12.5. The molecule has 0 radical (unpaired) electrons. The topological polar surface area (TPSA) is 92.6 Å². The molecule has 1 N–H and O–H groups in total. The second-order valence-electron chi connectivity index (χ2n) is 5.08. The summed E-state index contributed by atoms with van der Waals surface area (Å²) in [5.41, 5.74) is 0.248. The number of hydrogen-bond acceptors (Lipinski definition) is 5. The molecule has 1 fully saturated rings. The van der Waals surface area contributed by atoms with Crippen molar-refractivity contribution in [3.05, 3.63) is 51.7 Å². The number of nitrogens with zero attached hydrogens (tertiary/aromatic N) is 2. The van der Waals surface area contributed by atoms with Gasteiger partial charge in [-0.25, -0.2) is 0 Å². The number of benzene rings is 1. The normalized spacial score (nSPS) is 20.9. The van der Waals surface area contributed by atoms with Gasteiger partial charge in [-0.05, 0) is 18.9 Å². The van der Waals surface area contributed by atoms with Crippen LogP contribution in [0.15, 0.2) is 30.5 Å². The van der Waals surface area contributed by atoms with E-state index in [0.29, 0.717) is 17.8 Å². The summed E-state index contributed by atoms with van der Waals surface area (Å²) in [5.74, 6) is -1.22. The summed E-state index contributed by atoms with van der Waals surface area (Å²) in [6, 6.07) is 3.42. The number of hydrogen-bond donors (Lipinski definition) is 1. The Labute approximate surface area is 130 Å². The summed E-state index contributed by atoms with van der Waals surface area (Å²) in [6.45, 7) is 3.76. The Bertz CT molecular complexity index is 758. The molecule has 1 aromatic rings. The fourth-order valence-corrected chi connectivity index (χ4v) is 3.10. The zero-order valence-corrected chi connectivity index (χ0v) is 12.2. The molecule has 8 heteroatoms. The molecule has 2 aliphatic heterocycles. The van der Waals surface area contributed by atoms with E-state index < -0.39 is 22.8 Å². The van der Waals surface area contributed by atoms with E-state index in [9.17, 15) is 19.7 Å². The monoisotopic (exact) mass is 317 g/mol. The predicted octanol–water partition coefficient (Wildman–Crippen LogP) is 1.78. The summed E-state index contributed by atoms with van der Waals surface area (Å²) >= 11 is 5.19. The van der Waals surface area contributed by atoms with Gasteiger partial charge in [-0.1, -0.05) is 24.9 Å². The first kappa shape index (κ1) is 14.3. The average Bonchev–Trinajstić information content (AvgIpc) is 2.72. The third-order valence-corrected chi connectivity index (χ3v) is 4.13. The number of piperidine rings is 1. The van der Waals surface area contributed by atoms with E-state index in [0.717, 1.165) is 10.6 Å². The fraction of sp³-hybridized carbons (Fsp3) is 0.214. The van der Waals surface area contributed by atoms with Crippen molar-refractivity contribution in [3.8, 4) is 0 Å². The summed E-state index contributed by atoms with van der Waals surface area (Å²) in [5, 5.41) is 13.9. The van der Waals surface area contributed by atoms with Gasteiger partial charge in [0.05, 0.1) is 16.5 Å². The number of nitro benzene ring substituents is 1. The highest BCUT2D eigenvalue weighted by atomic mass is 32.1. The summed E-state index contributed by atoms with van der Waals surface area (Å²) in [4.78, 5) is 36.8. The minimum Gasteiger partial charge on any atom is -0.352 e. The standard InChI is InChI=1S/C14H11N3O4S/c1-7-5-6-10(12(22)15-7)16-13(18)8-3-2-4-9(17(20)21)11(8)14(16)19/h2-4,10H,1,5-6H2,(H,15,22). The fourth-order valence-electron chi connectivity index (χ4n) is 2.73. The van der Waals surface area contributed by atoms with Crippen LogP contribution in [0.3, 0.4) is 0 Å². The number of thiocarbonyl (C=S) groups is 1. The Morgan fingerprint density at radius 1 is 1.36 bits per heavy atom. The predicted molar refractivity (Wildman–Crippen MR) is 81.5 cm³/mol. The van der Waals surface area contributed by atoms with Gasteiger partial charge >= 0.3 is 0 Å². The van der Waals surface area contributed by atoms with Gasteiger partial charge in [-0.3, -0.25) is 24.6 Å². The Hall–Kier alpha value is -2.61. The average molecular weight is 317 g/mol. The van der Waals surface area contributed by atoms with E-state index in [1.54, 1.807) is 0 Å². The molecule has 2 heterocycles. The number of fused-ring (bicyclic) bond motifs is 1. The summed E-state index contributed by atoms with van der Waals surface area (Å²) in [7, 11) is 0. The second-order valence-corrected chi connectivity index (χ2v) is 5.52. The first-order valence-corrected chi connectivity index (χ1v) is 6.96. The van der Waals surface area contributed by atoms with Crippen LogP contribution in [0, 0.1) is 10.1 Å². The van der Waals surface area contributed by atoms with Crippen molar-refractivity contribution in [2.45, 2.75) is 18.9 Å². The zero-order chi connectivity index (χ0) is 16.0. The van der Waals surface area contributed by atoms with Crippen molar-refractivity contribution in [2.24, 2.45) is 0 Å². The van der Waals surface area contributed by atoms with E-state index in [1.165, 1.54) is 18.2 Å². The zero-order valence-electron chi connectivity index (χ0n) is 11.4. The van der Waals surface area contributed by atoms with Crippen LogP contribution in [0.2, 0.25) is 0 Å². The minimum absolute atomic E-state index is 0.0476. The molecule has 7 nitrogen and oxygen atoms in total. The minimum atomic E-state index is -0.672. The Morgan fingerprint density at radius 3 is 2.73 bits per heavy atom. The molecule has 112 valence electrons. The molecule has 3 rings (SSSR count). The van der Waals surface area contributed by atoms with Crippen LogP contribution < -0.4 is 5.32 Å². The van der Waals surface area contributed by atoms with Gasteiger partial charge in [-0.15, -0.1) is 0 Å². The lowest BCUT2D eigenvalue weighted by Crippen LogP contribution is -2.50. The van der Waals surface area contributed by atoms with Gasteiger partial charge in [-0.2, -0.15) is 0 Å². The van der Waals surface area contributed by atoms with Gasteiger partial charge in [0.25, 0.3) is 17.5 Å². The molecular formula is C14H11N3O4S. The molecule has 0 aromatic heterocycles. The van der Waals surface area contributed by atoms with Gasteiger partial charge < -0.3 is 5.32 Å². The molecule has 2 amide bonds. The van der Waals surface area contributed by atoms with Crippen molar-refractivity contribution in [1.29, 1.82) is 0 Å². The number of nitro groups is 1. The highest BCUT2D eigenvalue weighted by Gasteiger charge is 2.45. The number of nitrogens with one attached hydrogen (secondary N) is 1. The molecule has 0 saturated carbocycles. The van der Waals surface area contributed by atoms with E-state index in [2.05, 4.69) is 11.9 Å². The first-order valence-electron chi connectivity index (χ1n) is 6.55. The molecule has 1 atom stereocenters. The highest BCUT2D eigenvalue weighted by molar-refractivity contribution is 7.80. The number of amides is 2. The maximum atomic E-state index is 12.5. The van der Waals surface area contributed by atoms with Crippen LogP contribution >= 0.6 is 12.2 Å². The van der Waals surface area contributed by atoms with Gasteiger partial charge in [0.15, 0.2) is 0 Å². The lowest BCUT2D eigenvalue weighted by molar-refractivity contribution is -0.385. The largest absolute Gasteiger partial charge is 0.352 e. The van der Waals surface area contributed by atoms with Gasteiger partial charge in [0.2, 0.25) is 0 Å². The van der Waals surface area contributed by atoms with Crippen LogP contribution in [-0.2, 0) is 0 Å². The van der Waals surface area contributed by atoms with Gasteiger partial charge in [0.1, 0.15) is 10.6 Å². The molecule has 22 heavy (non-hydrogen) atoms. The molecule has 1 aromatic carbocycles. The van der Waals surface area contributed by atoms with Crippen molar-refractivity contribution in [3.63, 3.8) is 0 Å². The number of carbonyl (C=O) groups excluding carboxylic acids is 2. The van der Waals surface area contributed by atoms with E-state index >= 15 is 0 Å². The van der Waals surface area contributed by atoms with Crippen molar-refractivity contribution >= 4 is 34.7 Å². The first-order chi connectivity index (χ1) is 10.4. The molecule has 0 aliphatic carbocycles. The molecule has 1 saturated heterocycles. The van der Waals surface area contributed by atoms with Crippen LogP contribution in [0.1, 0.15) is 33.6 Å². The van der Waals surface area contributed by atoms with Crippen molar-refractivity contribution in [2.75, 3.05) is 0 Å². The summed E-state index contributed by atoms with van der Waals surface area (Å²) in [6.07, 6.45) is 1.03. The van der Waals surface area contributed by atoms with E-state index in [1.807, 2.05) is 0 Å². The maximum Gasteiger partial charge on any atom is 0.282 e. The van der Waals surface area contributed by atoms with Crippen molar-refractivity contribution in [1.82, 2.24) is 10.2 Å². The van der Waals surface area contributed by atoms with Crippen LogP contribution in [0.4, 0.5) is 5.69 Å². The van der Waals surface area contributed by atoms with Crippen LogP contribution in [-0.4, -0.2) is 32.7 Å². The Balaban J connectivity index is 2.04. The highest BCUT2D eigenvalue weighted by Crippen LogP contribution is 2.33.